The first-order valence-corrected chi connectivity index (χ1v) is 10.7. The highest BCUT2D eigenvalue weighted by atomic mass is 79.9. The van der Waals surface area contributed by atoms with Crippen molar-refractivity contribution >= 4 is 38.7 Å². The van der Waals surface area contributed by atoms with Gasteiger partial charge in [0.15, 0.2) is 0 Å². The zero-order valence-corrected chi connectivity index (χ0v) is 18.4. The van der Waals surface area contributed by atoms with Crippen LogP contribution in [0.5, 0.6) is 0 Å². The molecule has 0 aliphatic carbocycles. The van der Waals surface area contributed by atoms with E-state index in [2.05, 4.69) is 20.5 Å². The third-order valence-electron chi connectivity index (χ3n) is 4.97. The number of aromatic nitrogens is 1. The van der Waals surface area contributed by atoms with Gasteiger partial charge in [-0.2, -0.15) is 0 Å². The molecule has 3 aromatic rings. The monoisotopic (exact) mass is 472 g/mol. The molecule has 0 fully saturated rings. The van der Waals surface area contributed by atoms with Crippen molar-refractivity contribution in [2.75, 3.05) is 6.61 Å². The van der Waals surface area contributed by atoms with E-state index in [1.807, 2.05) is 48.5 Å². The van der Waals surface area contributed by atoms with Gasteiger partial charge in [0.25, 0.3) is 0 Å². The molecule has 0 aliphatic heterocycles. The van der Waals surface area contributed by atoms with Gasteiger partial charge in [-0.05, 0) is 52.5 Å². The maximum Gasteiger partial charge on any atom is 0.305 e. The first kappa shape index (κ1) is 22.1. The lowest BCUT2D eigenvalue weighted by molar-refractivity contribution is -0.143. The highest BCUT2D eigenvalue weighted by molar-refractivity contribution is 9.10. The van der Waals surface area contributed by atoms with Crippen LogP contribution in [0.25, 0.3) is 10.9 Å². The Morgan fingerprint density at radius 3 is 2.60 bits per heavy atom. The summed E-state index contributed by atoms with van der Waals surface area (Å²) in [7, 11) is 0. The van der Waals surface area contributed by atoms with E-state index < -0.39 is 12.0 Å². The average molecular weight is 473 g/mol. The number of nitrogens with zero attached hydrogens (tertiary/aromatic N) is 1. The van der Waals surface area contributed by atoms with Crippen LogP contribution in [0.3, 0.4) is 0 Å². The Balaban J connectivity index is 1.96. The molecule has 1 heterocycles. The lowest BCUT2D eigenvalue weighted by atomic mass is 10.0. The van der Waals surface area contributed by atoms with Crippen LogP contribution in [0.15, 0.2) is 53.1 Å². The van der Waals surface area contributed by atoms with Crippen molar-refractivity contribution in [3.8, 4) is 0 Å². The molecule has 7 heteroatoms. The number of ether oxygens (including phenoxy) is 1. The van der Waals surface area contributed by atoms with E-state index in [0.29, 0.717) is 18.7 Å². The minimum absolute atomic E-state index is 0.0846. The molecule has 1 amide bonds. The van der Waals surface area contributed by atoms with E-state index in [1.54, 1.807) is 6.92 Å². The first-order valence-electron chi connectivity index (χ1n) is 9.87. The van der Waals surface area contributed by atoms with Gasteiger partial charge in [0.05, 0.1) is 23.7 Å². The van der Waals surface area contributed by atoms with E-state index in [0.717, 1.165) is 26.6 Å². The van der Waals surface area contributed by atoms with Crippen molar-refractivity contribution in [1.29, 1.82) is 0 Å². The molecule has 30 heavy (non-hydrogen) atoms. The number of esters is 1. The first-order chi connectivity index (χ1) is 14.4. The normalized spacial score (nSPS) is 12.1. The largest absolute Gasteiger partial charge is 0.466 e. The van der Waals surface area contributed by atoms with Crippen LogP contribution in [0.4, 0.5) is 0 Å². The Bertz CT molecular complexity index is 1050. The lowest BCUT2D eigenvalue weighted by Gasteiger charge is -2.12. The number of aliphatic hydroxyl groups excluding tert-OH is 1. The summed E-state index contributed by atoms with van der Waals surface area (Å²) in [5.41, 5.74) is 9.01. The fourth-order valence-corrected chi connectivity index (χ4v) is 4.21. The second-order valence-electron chi connectivity index (χ2n) is 7.12. The molecule has 6 nitrogen and oxygen atoms in total. The number of fused-ring (bicyclic) bond motifs is 1. The summed E-state index contributed by atoms with van der Waals surface area (Å²) in [4.78, 5) is 23.3. The third kappa shape index (κ3) is 5.09. The minimum Gasteiger partial charge on any atom is -0.466 e. The van der Waals surface area contributed by atoms with Gasteiger partial charge in [-0.1, -0.05) is 36.4 Å². The number of halogens is 1. The van der Waals surface area contributed by atoms with Crippen molar-refractivity contribution in [2.45, 2.75) is 38.8 Å². The zero-order chi connectivity index (χ0) is 21.7. The fourth-order valence-electron chi connectivity index (χ4n) is 3.54. The van der Waals surface area contributed by atoms with Crippen LogP contribution < -0.4 is 5.73 Å². The van der Waals surface area contributed by atoms with Crippen LogP contribution in [0.2, 0.25) is 0 Å². The number of benzene rings is 2. The maximum absolute atomic E-state index is 11.7. The maximum atomic E-state index is 11.7. The van der Waals surface area contributed by atoms with E-state index in [9.17, 15) is 14.7 Å². The van der Waals surface area contributed by atoms with Gasteiger partial charge in [-0.15, -0.1) is 0 Å². The summed E-state index contributed by atoms with van der Waals surface area (Å²) in [5, 5.41) is 11.4. The molecule has 1 atom stereocenters. The number of aliphatic hydroxyl groups is 1. The number of hydrogen-bond donors (Lipinski definition) is 2. The molecular formula is C23H25BrN2O4. The summed E-state index contributed by atoms with van der Waals surface area (Å²) in [5.74, 6) is -0.758. The summed E-state index contributed by atoms with van der Waals surface area (Å²) >= 11 is 3.64. The van der Waals surface area contributed by atoms with Gasteiger partial charge in [-0.25, -0.2) is 0 Å². The van der Waals surface area contributed by atoms with Crippen molar-refractivity contribution < 1.29 is 19.4 Å². The quantitative estimate of drug-likeness (QED) is 0.462. The Morgan fingerprint density at radius 2 is 1.93 bits per heavy atom. The number of amides is 1. The van der Waals surface area contributed by atoms with Crippen LogP contribution in [-0.2, 0) is 27.3 Å². The summed E-state index contributed by atoms with van der Waals surface area (Å²) < 4.78 is 7.80. The van der Waals surface area contributed by atoms with Crippen molar-refractivity contribution in [3.63, 3.8) is 0 Å². The van der Waals surface area contributed by atoms with Gasteiger partial charge < -0.3 is 20.1 Å². The van der Waals surface area contributed by atoms with Gasteiger partial charge in [0, 0.05) is 29.4 Å². The molecule has 3 rings (SSSR count). The molecule has 2 aromatic carbocycles. The van der Waals surface area contributed by atoms with Crippen molar-refractivity contribution in [2.24, 2.45) is 5.73 Å². The fraction of sp³-hybridized carbons (Fsp3) is 0.304. The average Bonchev–Trinajstić information content (AvgIpc) is 2.98. The predicted molar refractivity (Wildman–Crippen MR) is 119 cm³/mol. The number of carbonyl (C=O) groups excluding carboxylic acids is 2. The Kier molecular flexibility index (Phi) is 7.29. The van der Waals surface area contributed by atoms with Gasteiger partial charge in [-0.3, -0.25) is 9.59 Å². The Hall–Kier alpha value is -2.64. The Morgan fingerprint density at radius 1 is 1.20 bits per heavy atom. The van der Waals surface area contributed by atoms with Crippen LogP contribution in [0.1, 0.15) is 42.6 Å². The van der Waals surface area contributed by atoms with Gasteiger partial charge in [0.2, 0.25) is 5.91 Å². The molecular weight excluding hydrogens is 448 g/mol. The van der Waals surface area contributed by atoms with Gasteiger partial charge in [0.1, 0.15) is 0 Å². The van der Waals surface area contributed by atoms with Crippen molar-refractivity contribution in [3.05, 3.63) is 69.8 Å². The van der Waals surface area contributed by atoms with Crippen LogP contribution >= 0.6 is 15.9 Å². The molecule has 0 bridgehead atoms. The zero-order valence-electron chi connectivity index (χ0n) is 16.8. The molecule has 158 valence electrons. The molecule has 0 saturated heterocycles. The minimum atomic E-state index is -0.809. The van der Waals surface area contributed by atoms with E-state index in [-0.39, 0.29) is 25.2 Å². The summed E-state index contributed by atoms with van der Waals surface area (Å²) in [6, 6.07) is 15.7. The lowest BCUT2D eigenvalue weighted by Crippen LogP contribution is -2.14. The number of carbonyl (C=O) groups is 2. The predicted octanol–water partition coefficient (Wildman–Crippen LogP) is 3.86. The smallest absolute Gasteiger partial charge is 0.305 e. The molecule has 0 aliphatic rings. The standard InChI is InChI=1S/C23H25BrN2O4/c1-2-30-22(29)11-10-20(27)16-8-9-19-17(12-16)18(13-21(25)28)23(24)26(19)14-15-6-4-3-5-7-15/h3-9,12,20,27H,2,10-11,13-14H2,1H3,(H2,25,28). The number of primary amides is 1. The SMILES string of the molecule is CCOC(=O)CCC(O)c1ccc2c(c1)c(CC(N)=O)c(Br)n2Cc1ccccc1. The highest BCUT2D eigenvalue weighted by Gasteiger charge is 2.19. The van der Waals surface area contributed by atoms with Crippen molar-refractivity contribution in [1.82, 2.24) is 4.57 Å². The Labute approximate surface area is 183 Å². The third-order valence-corrected chi connectivity index (χ3v) is 5.88. The number of nitrogens with two attached hydrogens (primary N) is 1. The summed E-state index contributed by atoms with van der Waals surface area (Å²) in [6.07, 6.45) is -0.320. The molecule has 0 radical (unpaired) electrons. The number of hydrogen-bond acceptors (Lipinski definition) is 4. The topological polar surface area (TPSA) is 94.6 Å². The van der Waals surface area contributed by atoms with Crippen LogP contribution in [-0.4, -0.2) is 28.2 Å². The molecule has 1 aromatic heterocycles. The van der Waals surface area contributed by atoms with E-state index in [1.165, 1.54) is 0 Å². The molecule has 3 N–H and O–H groups in total. The summed E-state index contributed by atoms with van der Waals surface area (Å²) in [6.45, 7) is 2.70. The highest BCUT2D eigenvalue weighted by Crippen LogP contribution is 2.34. The molecule has 1 unspecified atom stereocenters. The number of rotatable bonds is 9. The van der Waals surface area contributed by atoms with Gasteiger partial charge >= 0.3 is 5.97 Å². The molecule has 0 saturated carbocycles. The van der Waals surface area contributed by atoms with E-state index >= 15 is 0 Å². The van der Waals surface area contributed by atoms with Crippen LogP contribution in [0, 0.1) is 0 Å². The van der Waals surface area contributed by atoms with E-state index in [4.69, 9.17) is 10.5 Å². The second-order valence-corrected chi connectivity index (χ2v) is 7.87. The molecule has 0 spiro atoms. The second kappa shape index (κ2) is 9.91.